The summed E-state index contributed by atoms with van der Waals surface area (Å²) in [7, 11) is 2.94. The first-order valence-corrected chi connectivity index (χ1v) is 9.28. The van der Waals surface area contributed by atoms with Crippen LogP contribution in [0.5, 0.6) is 0 Å². The van der Waals surface area contributed by atoms with Crippen molar-refractivity contribution in [1.29, 1.82) is 0 Å². The van der Waals surface area contributed by atoms with E-state index < -0.39 is 5.97 Å². The Morgan fingerprint density at radius 1 is 1.00 bits per heavy atom. The fourth-order valence-electron chi connectivity index (χ4n) is 2.95. The summed E-state index contributed by atoms with van der Waals surface area (Å²) in [5, 5.41) is 2.80. The Kier molecular flexibility index (Phi) is 6.32. The van der Waals surface area contributed by atoms with Crippen molar-refractivity contribution in [3.05, 3.63) is 88.9 Å². The van der Waals surface area contributed by atoms with Gasteiger partial charge in [0.2, 0.25) is 0 Å². The molecule has 0 aliphatic heterocycles. The zero-order chi connectivity index (χ0) is 21.7. The molecule has 0 saturated carbocycles. The summed E-state index contributed by atoms with van der Waals surface area (Å²) in [6.07, 6.45) is 0. The van der Waals surface area contributed by atoms with Crippen LogP contribution >= 0.6 is 0 Å². The Hall–Kier alpha value is -3.87. The van der Waals surface area contributed by atoms with Crippen molar-refractivity contribution in [3.8, 4) is 0 Å². The van der Waals surface area contributed by atoms with Crippen molar-refractivity contribution in [1.82, 2.24) is 4.90 Å². The van der Waals surface area contributed by atoms with Crippen molar-refractivity contribution < 1.29 is 23.5 Å². The number of carbonyl (C=O) groups is 3. The third kappa shape index (κ3) is 4.75. The molecule has 0 saturated heterocycles. The summed E-state index contributed by atoms with van der Waals surface area (Å²) in [6, 6.07) is 17.1. The standard InChI is InChI=1S/C23H22N2O5/c1-15-20(23(28)29-3)13-19(30-15)14-25(2)22(27)17-9-11-18(12-10-17)24-21(26)16-7-5-4-6-8-16/h4-13H,14H2,1-3H3,(H,24,26). The van der Waals surface area contributed by atoms with Crippen LogP contribution in [0.2, 0.25) is 0 Å². The Balaban J connectivity index is 1.64. The van der Waals surface area contributed by atoms with Crippen molar-refractivity contribution in [2.75, 3.05) is 19.5 Å². The Labute approximate surface area is 174 Å². The highest BCUT2D eigenvalue weighted by atomic mass is 16.5. The van der Waals surface area contributed by atoms with Crippen molar-refractivity contribution in [2.45, 2.75) is 13.5 Å². The first kappa shape index (κ1) is 20.9. The summed E-state index contributed by atoms with van der Waals surface area (Å²) in [5.74, 6) is 0.00215. The number of amides is 2. The van der Waals surface area contributed by atoms with Gasteiger partial charge in [-0.1, -0.05) is 18.2 Å². The molecule has 0 unspecified atom stereocenters. The van der Waals surface area contributed by atoms with Crippen LogP contribution < -0.4 is 5.32 Å². The highest BCUT2D eigenvalue weighted by Gasteiger charge is 2.19. The molecule has 2 aromatic carbocycles. The van der Waals surface area contributed by atoms with E-state index in [0.717, 1.165) is 0 Å². The molecule has 1 N–H and O–H groups in total. The average Bonchev–Trinajstić information content (AvgIpc) is 3.13. The molecule has 1 heterocycles. The summed E-state index contributed by atoms with van der Waals surface area (Å²) in [6.45, 7) is 1.86. The number of methoxy groups -OCH3 is 1. The maximum atomic E-state index is 12.7. The van der Waals surface area contributed by atoms with Crippen molar-refractivity contribution >= 4 is 23.5 Å². The lowest BCUT2D eigenvalue weighted by atomic mass is 10.1. The van der Waals surface area contributed by atoms with Crippen LogP contribution in [-0.4, -0.2) is 36.8 Å². The molecule has 154 valence electrons. The van der Waals surface area contributed by atoms with E-state index in [-0.39, 0.29) is 18.4 Å². The molecule has 30 heavy (non-hydrogen) atoms. The fourth-order valence-corrected chi connectivity index (χ4v) is 2.95. The molecule has 3 aromatic rings. The smallest absolute Gasteiger partial charge is 0.341 e. The second-order valence-electron chi connectivity index (χ2n) is 6.73. The van der Waals surface area contributed by atoms with Gasteiger partial charge in [0.05, 0.1) is 13.7 Å². The zero-order valence-electron chi connectivity index (χ0n) is 17.0. The number of benzene rings is 2. The van der Waals surface area contributed by atoms with Gasteiger partial charge in [-0.05, 0) is 49.4 Å². The van der Waals surface area contributed by atoms with E-state index in [9.17, 15) is 14.4 Å². The Morgan fingerprint density at radius 3 is 2.30 bits per heavy atom. The third-order valence-corrected chi connectivity index (χ3v) is 4.54. The number of carbonyl (C=O) groups excluding carboxylic acids is 3. The summed E-state index contributed by atoms with van der Waals surface area (Å²) in [5.41, 5.74) is 1.95. The zero-order valence-corrected chi connectivity index (χ0v) is 17.0. The van der Waals surface area contributed by atoms with Crippen LogP contribution in [0.4, 0.5) is 5.69 Å². The number of furan rings is 1. The monoisotopic (exact) mass is 406 g/mol. The van der Waals surface area contributed by atoms with Crippen LogP contribution in [0.25, 0.3) is 0 Å². The lowest BCUT2D eigenvalue weighted by Crippen LogP contribution is -2.26. The average molecular weight is 406 g/mol. The summed E-state index contributed by atoms with van der Waals surface area (Å²) >= 11 is 0. The molecule has 7 nitrogen and oxygen atoms in total. The first-order valence-electron chi connectivity index (χ1n) is 9.28. The van der Waals surface area contributed by atoms with E-state index in [0.29, 0.717) is 33.9 Å². The molecule has 2 amide bonds. The molecule has 0 aliphatic rings. The number of ether oxygens (including phenoxy) is 1. The Bertz CT molecular complexity index is 1050. The highest BCUT2D eigenvalue weighted by molar-refractivity contribution is 6.04. The maximum Gasteiger partial charge on any atom is 0.341 e. The Morgan fingerprint density at radius 2 is 1.67 bits per heavy atom. The molecular formula is C23H22N2O5. The van der Waals surface area contributed by atoms with Gasteiger partial charge in [-0.25, -0.2) is 4.79 Å². The lowest BCUT2D eigenvalue weighted by Gasteiger charge is -2.16. The molecular weight excluding hydrogens is 384 g/mol. The summed E-state index contributed by atoms with van der Waals surface area (Å²) < 4.78 is 10.3. The number of rotatable bonds is 6. The summed E-state index contributed by atoms with van der Waals surface area (Å²) in [4.78, 5) is 38.1. The van der Waals surface area contributed by atoms with Gasteiger partial charge in [0.25, 0.3) is 11.8 Å². The number of anilines is 1. The molecule has 0 fully saturated rings. The normalized spacial score (nSPS) is 10.4. The minimum absolute atomic E-state index is 0.198. The third-order valence-electron chi connectivity index (χ3n) is 4.54. The maximum absolute atomic E-state index is 12.7. The second-order valence-corrected chi connectivity index (χ2v) is 6.73. The molecule has 1 aromatic heterocycles. The predicted octanol–water partition coefficient (Wildman–Crippen LogP) is 3.90. The van der Waals surface area contributed by atoms with E-state index >= 15 is 0 Å². The number of hydrogen-bond donors (Lipinski definition) is 1. The van der Waals surface area contributed by atoms with Gasteiger partial charge in [-0.3, -0.25) is 9.59 Å². The number of aryl methyl sites for hydroxylation is 1. The van der Waals surface area contributed by atoms with Crippen molar-refractivity contribution in [3.63, 3.8) is 0 Å². The molecule has 7 heteroatoms. The molecule has 3 rings (SSSR count). The topological polar surface area (TPSA) is 88.9 Å². The number of nitrogens with zero attached hydrogens (tertiary/aromatic N) is 1. The molecule has 0 spiro atoms. The van der Waals surface area contributed by atoms with Gasteiger partial charge in [0, 0.05) is 23.9 Å². The van der Waals surface area contributed by atoms with Crippen LogP contribution in [-0.2, 0) is 11.3 Å². The molecule has 0 atom stereocenters. The van der Waals surface area contributed by atoms with E-state index in [1.54, 1.807) is 68.6 Å². The number of hydrogen-bond acceptors (Lipinski definition) is 5. The SMILES string of the molecule is COC(=O)c1cc(CN(C)C(=O)c2ccc(NC(=O)c3ccccc3)cc2)oc1C. The lowest BCUT2D eigenvalue weighted by molar-refractivity contribution is 0.0598. The van der Waals surface area contributed by atoms with Crippen molar-refractivity contribution in [2.24, 2.45) is 0 Å². The highest BCUT2D eigenvalue weighted by Crippen LogP contribution is 2.18. The number of esters is 1. The van der Waals surface area contributed by atoms with Gasteiger partial charge >= 0.3 is 5.97 Å². The van der Waals surface area contributed by atoms with Crippen LogP contribution in [0.15, 0.2) is 65.1 Å². The van der Waals surface area contributed by atoms with Gasteiger partial charge < -0.3 is 19.4 Å². The van der Waals surface area contributed by atoms with Gasteiger partial charge in [0.1, 0.15) is 17.1 Å². The molecule has 0 bridgehead atoms. The molecule has 0 radical (unpaired) electrons. The fraction of sp³-hybridized carbons (Fsp3) is 0.174. The number of nitrogens with one attached hydrogen (secondary N) is 1. The quantitative estimate of drug-likeness (QED) is 0.627. The second kappa shape index (κ2) is 9.09. The van der Waals surface area contributed by atoms with Gasteiger partial charge in [-0.2, -0.15) is 0 Å². The molecule has 0 aliphatic carbocycles. The van der Waals surface area contributed by atoms with E-state index in [1.807, 2.05) is 6.07 Å². The van der Waals surface area contributed by atoms with E-state index in [4.69, 9.17) is 9.15 Å². The first-order chi connectivity index (χ1) is 14.4. The van der Waals surface area contributed by atoms with Gasteiger partial charge in [0.15, 0.2) is 0 Å². The van der Waals surface area contributed by atoms with Crippen LogP contribution in [0.3, 0.4) is 0 Å². The predicted molar refractivity (Wildman–Crippen MR) is 111 cm³/mol. The van der Waals surface area contributed by atoms with E-state index in [1.165, 1.54) is 12.0 Å². The largest absolute Gasteiger partial charge is 0.465 e. The minimum Gasteiger partial charge on any atom is -0.465 e. The van der Waals surface area contributed by atoms with Crippen LogP contribution in [0.1, 0.15) is 42.6 Å². The van der Waals surface area contributed by atoms with E-state index in [2.05, 4.69) is 5.32 Å². The van der Waals surface area contributed by atoms with Gasteiger partial charge in [-0.15, -0.1) is 0 Å². The van der Waals surface area contributed by atoms with Crippen LogP contribution in [0, 0.1) is 6.92 Å². The minimum atomic E-state index is -0.482.